The van der Waals surface area contributed by atoms with Gasteiger partial charge in [-0.25, -0.2) is 4.39 Å². The number of nitrogens with zero attached hydrogens (tertiary/aromatic N) is 1. The molecule has 0 unspecified atom stereocenters. The molecule has 0 spiro atoms. The lowest BCUT2D eigenvalue weighted by Gasteiger charge is -2.29. The number of rotatable bonds is 4. The molecule has 7 heteroatoms. The predicted molar refractivity (Wildman–Crippen MR) is 104 cm³/mol. The Labute approximate surface area is 166 Å². The van der Waals surface area contributed by atoms with Crippen LogP contribution < -0.4 is 5.32 Å². The molecule has 2 amide bonds. The molecule has 1 aliphatic carbocycles. The molecule has 4 nitrogen and oxygen atoms in total. The van der Waals surface area contributed by atoms with Crippen LogP contribution in [0.3, 0.4) is 0 Å². The summed E-state index contributed by atoms with van der Waals surface area (Å²) in [4.78, 5) is 27.6. The summed E-state index contributed by atoms with van der Waals surface area (Å²) < 4.78 is 13.3. The first-order valence-corrected chi connectivity index (χ1v) is 10.2. The van der Waals surface area contributed by atoms with Crippen molar-refractivity contribution >= 4 is 35.2 Å². The van der Waals surface area contributed by atoms with Gasteiger partial charge in [-0.05, 0) is 54.8 Å². The SMILES string of the molecule is O=C(NC1CC1)[C@H]1CS[C@H](c2ccc(F)cc2)N1C(=O)c1ccc(Cl)cc1. The van der Waals surface area contributed by atoms with Crippen molar-refractivity contribution in [2.45, 2.75) is 30.3 Å². The first-order valence-electron chi connectivity index (χ1n) is 8.78. The smallest absolute Gasteiger partial charge is 0.255 e. The fourth-order valence-corrected chi connectivity index (χ4v) is 4.66. The van der Waals surface area contributed by atoms with Gasteiger partial charge in [0.1, 0.15) is 17.2 Å². The molecule has 2 aliphatic rings. The van der Waals surface area contributed by atoms with Gasteiger partial charge in [-0.1, -0.05) is 23.7 Å². The zero-order chi connectivity index (χ0) is 19.0. The van der Waals surface area contributed by atoms with Gasteiger partial charge in [0.05, 0.1) is 0 Å². The average Bonchev–Trinajstić information content (AvgIpc) is 3.37. The van der Waals surface area contributed by atoms with Crippen LogP contribution >= 0.6 is 23.4 Å². The first kappa shape index (κ1) is 18.3. The molecule has 140 valence electrons. The number of nitrogens with one attached hydrogen (secondary N) is 1. The molecular formula is C20H18ClFN2O2S. The minimum absolute atomic E-state index is 0.128. The van der Waals surface area contributed by atoms with Crippen LogP contribution in [-0.2, 0) is 4.79 Å². The van der Waals surface area contributed by atoms with Crippen molar-refractivity contribution in [1.29, 1.82) is 0 Å². The highest BCUT2D eigenvalue weighted by Gasteiger charge is 2.43. The van der Waals surface area contributed by atoms with E-state index in [1.807, 2.05) is 0 Å². The maximum absolute atomic E-state index is 13.3. The van der Waals surface area contributed by atoms with Gasteiger partial charge in [-0.15, -0.1) is 11.8 Å². The standard InChI is InChI=1S/C20H18ClFN2O2S/c21-14-5-1-12(2-6-14)19(26)24-17(18(25)23-16-9-10-16)11-27-20(24)13-3-7-15(22)8-4-13/h1-8,16-17,20H,9-11H2,(H,23,25)/t17-,20-/m1/s1. The fourth-order valence-electron chi connectivity index (χ4n) is 3.11. The summed E-state index contributed by atoms with van der Waals surface area (Å²) in [7, 11) is 0. The number of halogens is 2. The highest BCUT2D eigenvalue weighted by molar-refractivity contribution is 7.99. The minimum atomic E-state index is -0.561. The third kappa shape index (κ3) is 3.96. The van der Waals surface area contributed by atoms with Gasteiger partial charge >= 0.3 is 0 Å². The van der Waals surface area contributed by atoms with Crippen LogP contribution in [0.4, 0.5) is 4.39 Å². The van der Waals surface area contributed by atoms with Crippen molar-refractivity contribution in [3.05, 3.63) is 70.5 Å². The topological polar surface area (TPSA) is 49.4 Å². The summed E-state index contributed by atoms with van der Waals surface area (Å²) in [6.45, 7) is 0. The van der Waals surface area contributed by atoms with E-state index in [2.05, 4.69) is 5.32 Å². The molecule has 2 atom stereocenters. The number of thioether (sulfide) groups is 1. The molecule has 2 aromatic carbocycles. The highest BCUT2D eigenvalue weighted by atomic mass is 35.5. The van der Waals surface area contributed by atoms with Gasteiger partial charge in [0.15, 0.2) is 0 Å². The van der Waals surface area contributed by atoms with E-state index in [-0.39, 0.29) is 29.0 Å². The molecule has 4 rings (SSSR count). The van der Waals surface area contributed by atoms with E-state index in [0.717, 1.165) is 18.4 Å². The van der Waals surface area contributed by atoms with Crippen molar-refractivity contribution in [1.82, 2.24) is 10.2 Å². The Balaban J connectivity index is 1.65. The van der Waals surface area contributed by atoms with Crippen molar-refractivity contribution in [2.24, 2.45) is 0 Å². The van der Waals surface area contributed by atoms with Crippen LogP contribution in [-0.4, -0.2) is 34.6 Å². The molecule has 1 saturated carbocycles. The van der Waals surface area contributed by atoms with Crippen molar-refractivity contribution in [3.8, 4) is 0 Å². The maximum Gasteiger partial charge on any atom is 0.255 e. The number of carbonyl (C=O) groups excluding carboxylic acids is 2. The van der Waals surface area contributed by atoms with E-state index in [9.17, 15) is 14.0 Å². The molecule has 1 N–H and O–H groups in total. The Kier molecular flexibility index (Phi) is 5.10. The molecule has 2 aromatic rings. The van der Waals surface area contributed by atoms with E-state index in [0.29, 0.717) is 16.3 Å². The Morgan fingerprint density at radius 2 is 1.74 bits per heavy atom. The number of hydrogen-bond acceptors (Lipinski definition) is 3. The van der Waals surface area contributed by atoms with E-state index in [1.54, 1.807) is 41.3 Å². The molecule has 2 fully saturated rings. The summed E-state index contributed by atoms with van der Waals surface area (Å²) in [6.07, 6.45) is 1.97. The summed E-state index contributed by atoms with van der Waals surface area (Å²) in [5.41, 5.74) is 1.27. The zero-order valence-corrected chi connectivity index (χ0v) is 16.0. The second kappa shape index (κ2) is 7.52. The van der Waals surface area contributed by atoms with E-state index in [1.165, 1.54) is 23.9 Å². The third-order valence-electron chi connectivity index (χ3n) is 4.71. The van der Waals surface area contributed by atoms with E-state index in [4.69, 9.17) is 11.6 Å². The normalized spacial score (nSPS) is 21.9. The van der Waals surface area contributed by atoms with Gasteiger partial charge in [-0.2, -0.15) is 0 Å². The van der Waals surface area contributed by atoms with Gasteiger partial charge in [0.25, 0.3) is 5.91 Å². The quantitative estimate of drug-likeness (QED) is 0.837. The molecule has 1 aliphatic heterocycles. The fraction of sp³-hybridized carbons (Fsp3) is 0.300. The van der Waals surface area contributed by atoms with E-state index < -0.39 is 6.04 Å². The van der Waals surface area contributed by atoms with Gasteiger partial charge < -0.3 is 10.2 Å². The van der Waals surface area contributed by atoms with Crippen LogP contribution in [0.1, 0.15) is 34.1 Å². The van der Waals surface area contributed by atoms with Crippen LogP contribution in [0.15, 0.2) is 48.5 Å². The molecule has 27 heavy (non-hydrogen) atoms. The Morgan fingerprint density at radius 3 is 2.37 bits per heavy atom. The van der Waals surface area contributed by atoms with Gasteiger partial charge in [0, 0.05) is 22.4 Å². The molecule has 0 bridgehead atoms. The monoisotopic (exact) mass is 404 g/mol. The van der Waals surface area contributed by atoms with Crippen LogP contribution in [0.2, 0.25) is 5.02 Å². The van der Waals surface area contributed by atoms with Gasteiger partial charge in [-0.3, -0.25) is 9.59 Å². The maximum atomic E-state index is 13.3. The van der Waals surface area contributed by atoms with Crippen molar-refractivity contribution in [2.75, 3.05) is 5.75 Å². The first-order chi connectivity index (χ1) is 13.0. The number of benzene rings is 2. The lowest BCUT2D eigenvalue weighted by molar-refractivity contribution is -0.125. The number of hydrogen-bond donors (Lipinski definition) is 1. The predicted octanol–water partition coefficient (Wildman–Crippen LogP) is 4.01. The third-order valence-corrected chi connectivity index (χ3v) is 6.28. The average molecular weight is 405 g/mol. The lowest BCUT2D eigenvalue weighted by atomic mass is 10.1. The lowest BCUT2D eigenvalue weighted by Crippen LogP contribution is -2.48. The highest BCUT2D eigenvalue weighted by Crippen LogP contribution is 2.42. The second-order valence-electron chi connectivity index (χ2n) is 6.76. The summed E-state index contributed by atoms with van der Waals surface area (Å²) in [5.74, 6) is -0.195. The van der Waals surface area contributed by atoms with Crippen LogP contribution in [0.25, 0.3) is 0 Å². The Hall–Kier alpha value is -2.05. The minimum Gasteiger partial charge on any atom is -0.352 e. The van der Waals surface area contributed by atoms with Crippen molar-refractivity contribution in [3.63, 3.8) is 0 Å². The molecule has 0 radical (unpaired) electrons. The summed E-state index contributed by atoms with van der Waals surface area (Å²) in [6, 6.07) is 12.4. The molecule has 0 aromatic heterocycles. The van der Waals surface area contributed by atoms with Crippen LogP contribution in [0.5, 0.6) is 0 Å². The summed E-state index contributed by atoms with van der Waals surface area (Å²) >= 11 is 7.45. The molecular weight excluding hydrogens is 387 g/mol. The molecule has 1 saturated heterocycles. The number of carbonyl (C=O) groups is 2. The summed E-state index contributed by atoms with van der Waals surface area (Å²) in [5, 5.41) is 3.19. The molecule has 1 heterocycles. The zero-order valence-electron chi connectivity index (χ0n) is 14.4. The largest absolute Gasteiger partial charge is 0.352 e. The number of amides is 2. The Morgan fingerprint density at radius 1 is 1.07 bits per heavy atom. The second-order valence-corrected chi connectivity index (χ2v) is 8.30. The van der Waals surface area contributed by atoms with Crippen molar-refractivity contribution < 1.29 is 14.0 Å². The van der Waals surface area contributed by atoms with E-state index >= 15 is 0 Å². The van der Waals surface area contributed by atoms with Gasteiger partial charge in [0.2, 0.25) is 5.91 Å². The van der Waals surface area contributed by atoms with Crippen LogP contribution in [0, 0.1) is 5.82 Å². The Bertz CT molecular complexity index is 855.